The summed E-state index contributed by atoms with van der Waals surface area (Å²) >= 11 is 1.13. The zero-order valence-electron chi connectivity index (χ0n) is 18.2. The minimum absolute atomic E-state index is 0.00648. The summed E-state index contributed by atoms with van der Waals surface area (Å²) in [7, 11) is 3.63. The standard InChI is InChI=1S/C21H33N7S/c1-20(2)9-16(10-21(3,4)27-20)28(6)19(24)29-18(23)17-8-7-14(13-26-17)15(11-22)12-25-5/h7-8,11-13,16,23-24,27H,9-10,22H2,1-6H3. The average molecular weight is 416 g/mol. The number of thioether (sulfide) groups is 1. The van der Waals surface area contributed by atoms with Gasteiger partial charge in [-0.15, -0.1) is 0 Å². The monoisotopic (exact) mass is 415 g/mol. The Balaban J connectivity index is 2.05. The molecule has 2 rings (SSSR count). The van der Waals surface area contributed by atoms with Gasteiger partial charge in [-0.05, 0) is 58.4 Å². The number of piperidine rings is 1. The van der Waals surface area contributed by atoms with E-state index in [2.05, 4.69) is 43.0 Å². The van der Waals surface area contributed by atoms with Crippen molar-refractivity contribution in [2.45, 2.75) is 57.7 Å². The molecule has 1 aromatic rings. The molecular formula is C21H33N7S. The fraction of sp³-hybridized carbons (Fsp3) is 0.524. The highest BCUT2D eigenvalue weighted by atomic mass is 32.2. The molecule has 0 saturated carbocycles. The second-order valence-electron chi connectivity index (χ2n) is 8.74. The lowest BCUT2D eigenvalue weighted by Crippen LogP contribution is -2.62. The molecular weight excluding hydrogens is 382 g/mol. The number of pyridine rings is 1. The van der Waals surface area contributed by atoms with Crippen LogP contribution in [0.5, 0.6) is 0 Å². The number of rotatable bonds is 4. The van der Waals surface area contributed by atoms with E-state index in [1.807, 2.05) is 18.0 Å². The van der Waals surface area contributed by atoms with Crippen LogP contribution in [0.1, 0.15) is 51.8 Å². The Kier molecular flexibility index (Phi) is 7.24. The third kappa shape index (κ3) is 6.14. The molecule has 1 aliphatic heterocycles. The smallest absolute Gasteiger partial charge is 0.162 e. The van der Waals surface area contributed by atoms with Gasteiger partial charge in [-0.25, -0.2) is 0 Å². The van der Waals surface area contributed by atoms with Crippen LogP contribution in [0.2, 0.25) is 0 Å². The average Bonchev–Trinajstić information content (AvgIpc) is 2.63. The number of hydrogen-bond donors (Lipinski definition) is 4. The number of nitrogens with zero attached hydrogens (tertiary/aromatic N) is 3. The first-order chi connectivity index (χ1) is 13.5. The van der Waals surface area contributed by atoms with Crippen LogP contribution in [0.4, 0.5) is 0 Å². The summed E-state index contributed by atoms with van der Waals surface area (Å²) in [4.78, 5) is 10.3. The molecule has 0 bridgehead atoms. The summed E-state index contributed by atoms with van der Waals surface area (Å²) in [5.41, 5.74) is 7.79. The maximum atomic E-state index is 8.52. The van der Waals surface area contributed by atoms with Crippen molar-refractivity contribution < 1.29 is 0 Å². The third-order valence-corrected chi connectivity index (χ3v) is 5.91. The predicted molar refractivity (Wildman–Crippen MR) is 125 cm³/mol. The first kappa shape index (κ1) is 23.1. The van der Waals surface area contributed by atoms with Gasteiger partial charge >= 0.3 is 0 Å². The normalized spacial score (nSPS) is 19.3. The Morgan fingerprint density at radius 3 is 2.38 bits per heavy atom. The molecule has 2 heterocycles. The number of amidine groups is 1. The molecule has 158 valence electrons. The van der Waals surface area contributed by atoms with Crippen LogP contribution in [0, 0.1) is 10.8 Å². The van der Waals surface area contributed by atoms with Crippen molar-refractivity contribution in [1.82, 2.24) is 15.2 Å². The second-order valence-corrected chi connectivity index (χ2v) is 9.74. The van der Waals surface area contributed by atoms with Crippen LogP contribution in [-0.2, 0) is 0 Å². The van der Waals surface area contributed by atoms with Gasteiger partial charge in [0.1, 0.15) is 5.04 Å². The lowest BCUT2D eigenvalue weighted by atomic mass is 9.79. The molecule has 1 aliphatic rings. The number of nitrogens with one attached hydrogen (secondary N) is 3. The van der Waals surface area contributed by atoms with Crippen LogP contribution >= 0.6 is 11.8 Å². The van der Waals surface area contributed by atoms with E-state index in [0.717, 1.165) is 35.7 Å². The van der Waals surface area contributed by atoms with E-state index < -0.39 is 0 Å². The van der Waals surface area contributed by atoms with Crippen LogP contribution in [0.3, 0.4) is 0 Å². The summed E-state index contributed by atoms with van der Waals surface area (Å²) in [5.74, 6) is 0. The van der Waals surface area contributed by atoms with Gasteiger partial charge in [-0.2, -0.15) is 0 Å². The van der Waals surface area contributed by atoms with Crippen molar-refractivity contribution in [2.75, 3.05) is 14.1 Å². The molecule has 1 saturated heterocycles. The molecule has 0 aliphatic carbocycles. The fourth-order valence-electron chi connectivity index (χ4n) is 3.98. The Morgan fingerprint density at radius 1 is 1.28 bits per heavy atom. The van der Waals surface area contributed by atoms with Gasteiger partial charge in [0.15, 0.2) is 5.17 Å². The number of aliphatic imine (C=N–C) groups is 1. The molecule has 1 fully saturated rings. The molecule has 0 unspecified atom stereocenters. The first-order valence-corrected chi connectivity index (χ1v) is 10.5. The van der Waals surface area contributed by atoms with Crippen LogP contribution in [0.25, 0.3) is 5.57 Å². The molecule has 0 aromatic carbocycles. The van der Waals surface area contributed by atoms with Gasteiger partial charge < -0.3 is 16.0 Å². The second kappa shape index (κ2) is 9.09. The predicted octanol–water partition coefficient (Wildman–Crippen LogP) is 3.32. The van der Waals surface area contributed by atoms with Crippen molar-refractivity contribution in [3.8, 4) is 0 Å². The molecule has 0 radical (unpaired) electrons. The third-order valence-electron chi connectivity index (χ3n) is 5.01. The Morgan fingerprint density at radius 2 is 1.90 bits per heavy atom. The minimum atomic E-state index is 0.00648. The number of nitrogens with two attached hydrogens (primary N) is 1. The molecule has 1 aromatic heterocycles. The molecule has 7 nitrogen and oxygen atoms in total. The highest BCUT2D eigenvalue weighted by Gasteiger charge is 2.39. The van der Waals surface area contributed by atoms with Gasteiger partial charge in [-0.1, -0.05) is 6.07 Å². The molecule has 0 atom stereocenters. The summed E-state index contributed by atoms with van der Waals surface area (Å²) in [6.45, 7) is 8.80. The molecule has 0 spiro atoms. The number of allylic oxidation sites excluding steroid dienone is 1. The summed E-state index contributed by atoms with van der Waals surface area (Å²) in [6.07, 6.45) is 6.72. The molecule has 0 amide bonds. The quantitative estimate of drug-likeness (QED) is 0.445. The van der Waals surface area contributed by atoms with E-state index >= 15 is 0 Å². The van der Waals surface area contributed by atoms with E-state index in [4.69, 9.17) is 16.6 Å². The number of hydrogen-bond acceptors (Lipinski definition) is 7. The van der Waals surface area contributed by atoms with Gasteiger partial charge in [0.2, 0.25) is 0 Å². The minimum Gasteiger partial charge on any atom is -0.404 e. The van der Waals surface area contributed by atoms with Crippen LogP contribution < -0.4 is 11.1 Å². The first-order valence-electron chi connectivity index (χ1n) is 9.66. The Labute approximate surface area is 178 Å². The number of aromatic nitrogens is 1. The van der Waals surface area contributed by atoms with Crippen LogP contribution in [0.15, 0.2) is 29.5 Å². The van der Waals surface area contributed by atoms with Gasteiger partial charge in [-0.3, -0.25) is 20.8 Å². The van der Waals surface area contributed by atoms with Crippen molar-refractivity contribution in [1.29, 1.82) is 10.8 Å². The maximum Gasteiger partial charge on any atom is 0.162 e. The van der Waals surface area contributed by atoms with Gasteiger partial charge in [0.25, 0.3) is 0 Å². The lowest BCUT2D eigenvalue weighted by molar-refractivity contribution is 0.114. The van der Waals surface area contributed by atoms with Crippen molar-refractivity contribution >= 4 is 33.8 Å². The van der Waals surface area contributed by atoms with Crippen LogP contribution in [-0.4, -0.2) is 57.5 Å². The van der Waals surface area contributed by atoms with E-state index in [1.165, 1.54) is 6.20 Å². The Bertz CT molecular complexity index is 793. The van der Waals surface area contributed by atoms with E-state index in [9.17, 15) is 0 Å². The van der Waals surface area contributed by atoms with E-state index in [1.54, 1.807) is 25.5 Å². The largest absolute Gasteiger partial charge is 0.404 e. The van der Waals surface area contributed by atoms with Crippen molar-refractivity contribution in [2.24, 2.45) is 10.7 Å². The van der Waals surface area contributed by atoms with Crippen molar-refractivity contribution in [3.63, 3.8) is 0 Å². The highest BCUT2D eigenvalue weighted by Crippen LogP contribution is 2.32. The van der Waals surface area contributed by atoms with Gasteiger partial charge in [0, 0.05) is 61.0 Å². The molecule has 29 heavy (non-hydrogen) atoms. The zero-order valence-corrected chi connectivity index (χ0v) is 19.0. The van der Waals surface area contributed by atoms with Gasteiger partial charge in [0.05, 0.1) is 5.69 Å². The van der Waals surface area contributed by atoms with Crippen molar-refractivity contribution in [3.05, 3.63) is 35.8 Å². The Hall–Kier alpha value is -2.19. The lowest BCUT2D eigenvalue weighted by Gasteiger charge is -2.49. The summed E-state index contributed by atoms with van der Waals surface area (Å²) in [6, 6.07) is 3.89. The summed E-state index contributed by atoms with van der Waals surface area (Å²) in [5, 5.41) is 21.2. The fourth-order valence-corrected chi connectivity index (χ4v) is 4.69. The molecule has 8 heteroatoms. The highest BCUT2D eigenvalue weighted by molar-refractivity contribution is 8.26. The zero-order chi connectivity index (χ0) is 21.8. The van der Waals surface area contributed by atoms with E-state index in [-0.39, 0.29) is 22.2 Å². The topological polar surface area (TPSA) is 114 Å². The SMILES string of the molecule is CN=CC(=CN)c1ccc(C(=N)SC(=N)N(C)C2CC(C)(C)NC(C)(C)C2)nc1. The maximum absolute atomic E-state index is 8.52. The molecule has 5 N–H and O–H groups in total. The van der Waals surface area contributed by atoms with E-state index in [0.29, 0.717) is 10.9 Å². The summed E-state index contributed by atoms with van der Waals surface area (Å²) < 4.78 is 0.